The summed E-state index contributed by atoms with van der Waals surface area (Å²) >= 11 is 0. The molecule has 2 rings (SSSR count). The number of carboxylic acids is 1. The van der Waals surface area contributed by atoms with Crippen molar-refractivity contribution in [1.82, 2.24) is 4.98 Å². The molecule has 0 aliphatic heterocycles. The number of benzene rings is 1. The Hall–Kier alpha value is -2.69. The lowest BCUT2D eigenvalue weighted by atomic mass is 10.2. The fourth-order valence-corrected chi connectivity index (χ4v) is 1.98. The van der Waals surface area contributed by atoms with Crippen molar-refractivity contribution in [3.8, 4) is 0 Å². The Balaban J connectivity index is 2.06. The Kier molecular flexibility index (Phi) is 5.04. The SMILES string of the molecule is O=C(O)CN(C(=O)CCc1ccccn1)c1ccccc1. The predicted molar refractivity (Wildman–Crippen MR) is 79.0 cm³/mol. The fourth-order valence-electron chi connectivity index (χ4n) is 1.98. The number of rotatable bonds is 6. The van der Waals surface area contributed by atoms with Crippen LogP contribution in [0.3, 0.4) is 0 Å². The third-order valence-electron chi connectivity index (χ3n) is 2.98. The van der Waals surface area contributed by atoms with Gasteiger partial charge in [-0.15, -0.1) is 0 Å². The summed E-state index contributed by atoms with van der Waals surface area (Å²) in [5.41, 5.74) is 1.40. The monoisotopic (exact) mass is 284 g/mol. The van der Waals surface area contributed by atoms with Crippen molar-refractivity contribution in [1.29, 1.82) is 0 Å². The average molecular weight is 284 g/mol. The molecule has 0 saturated carbocycles. The van der Waals surface area contributed by atoms with E-state index in [-0.39, 0.29) is 18.9 Å². The first-order valence-corrected chi connectivity index (χ1v) is 6.64. The van der Waals surface area contributed by atoms with E-state index in [4.69, 9.17) is 5.11 Å². The molecule has 1 N–H and O–H groups in total. The molecular weight excluding hydrogens is 268 g/mol. The van der Waals surface area contributed by atoms with Gasteiger partial charge in [-0.2, -0.15) is 0 Å². The van der Waals surface area contributed by atoms with Crippen LogP contribution in [0, 0.1) is 0 Å². The minimum atomic E-state index is -1.04. The maximum Gasteiger partial charge on any atom is 0.323 e. The van der Waals surface area contributed by atoms with Gasteiger partial charge >= 0.3 is 5.97 Å². The van der Waals surface area contributed by atoms with Crippen LogP contribution < -0.4 is 4.90 Å². The number of anilines is 1. The van der Waals surface area contributed by atoms with Gasteiger partial charge in [0, 0.05) is 24.0 Å². The van der Waals surface area contributed by atoms with Crippen molar-refractivity contribution in [2.75, 3.05) is 11.4 Å². The molecule has 0 saturated heterocycles. The summed E-state index contributed by atoms with van der Waals surface area (Å²) in [7, 11) is 0. The number of pyridine rings is 1. The molecule has 5 nitrogen and oxygen atoms in total. The first-order chi connectivity index (χ1) is 10.2. The summed E-state index contributed by atoms with van der Waals surface area (Å²) < 4.78 is 0. The number of aliphatic carboxylic acids is 1. The number of aryl methyl sites for hydroxylation is 1. The van der Waals surface area contributed by atoms with Crippen molar-refractivity contribution < 1.29 is 14.7 Å². The second-order valence-electron chi connectivity index (χ2n) is 4.53. The van der Waals surface area contributed by atoms with E-state index in [1.807, 2.05) is 24.3 Å². The van der Waals surface area contributed by atoms with E-state index < -0.39 is 5.97 Å². The molecule has 0 fully saturated rings. The van der Waals surface area contributed by atoms with Crippen molar-refractivity contribution in [3.63, 3.8) is 0 Å². The zero-order valence-corrected chi connectivity index (χ0v) is 11.5. The van der Waals surface area contributed by atoms with Gasteiger partial charge in [0.25, 0.3) is 0 Å². The van der Waals surface area contributed by atoms with Crippen molar-refractivity contribution in [3.05, 3.63) is 60.4 Å². The Morgan fingerprint density at radius 2 is 1.76 bits per heavy atom. The maximum atomic E-state index is 12.3. The highest BCUT2D eigenvalue weighted by molar-refractivity contribution is 5.97. The van der Waals surface area contributed by atoms with E-state index in [0.717, 1.165) is 5.69 Å². The highest BCUT2D eigenvalue weighted by Gasteiger charge is 2.18. The minimum absolute atomic E-state index is 0.221. The molecule has 108 valence electrons. The van der Waals surface area contributed by atoms with Gasteiger partial charge in [-0.05, 0) is 30.7 Å². The number of carbonyl (C=O) groups excluding carboxylic acids is 1. The number of aromatic nitrogens is 1. The summed E-state index contributed by atoms with van der Waals surface area (Å²) in [5.74, 6) is -1.26. The average Bonchev–Trinajstić information content (AvgIpc) is 2.52. The van der Waals surface area contributed by atoms with E-state index in [0.29, 0.717) is 12.1 Å². The van der Waals surface area contributed by atoms with Crippen molar-refractivity contribution >= 4 is 17.6 Å². The molecule has 0 radical (unpaired) electrons. The number of amides is 1. The lowest BCUT2D eigenvalue weighted by Crippen LogP contribution is -2.35. The van der Waals surface area contributed by atoms with Crippen LogP contribution in [-0.4, -0.2) is 28.5 Å². The maximum absolute atomic E-state index is 12.3. The topological polar surface area (TPSA) is 70.5 Å². The molecule has 0 spiro atoms. The van der Waals surface area contributed by atoms with Crippen LogP contribution in [0.25, 0.3) is 0 Å². The summed E-state index contributed by atoms with van der Waals surface area (Å²) in [6.45, 7) is -0.342. The number of para-hydroxylation sites is 1. The summed E-state index contributed by atoms with van der Waals surface area (Å²) in [6.07, 6.45) is 2.38. The molecule has 1 aromatic carbocycles. The number of carboxylic acid groups (broad SMARTS) is 1. The predicted octanol–water partition coefficient (Wildman–Crippen LogP) is 2.13. The molecule has 0 aliphatic rings. The third-order valence-corrected chi connectivity index (χ3v) is 2.98. The van der Waals surface area contributed by atoms with Gasteiger partial charge in [-0.3, -0.25) is 14.6 Å². The summed E-state index contributed by atoms with van der Waals surface area (Å²) in [5, 5.41) is 8.97. The number of nitrogens with zero attached hydrogens (tertiary/aromatic N) is 2. The molecule has 0 atom stereocenters. The largest absolute Gasteiger partial charge is 0.480 e. The van der Waals surface area contributed by atoms with Crippen molar-refractivity contribution in [2.45, 2.75) is 12.8 Å². The van der Waals surface area contributed by atoms with E-state index in [1.54, 1.807) is 30.5 Å². The molecule has 1 heterocycles. The molecule has 0 aliphatic carbocycles. The van der Waals surface area contributed by atoms with Crippen LogP contribution in [-0.2, 0) is 16.0 Å². The van der Waals surface area contributed by atoms with Crippen LogP contribution in [0.2, 0.25) is 0 Å². The fraction of sp³-hybridized carbons (Fsp3) is 0.188. The normalized spacial score (nSPS) is 10.1. The van der Waals surface area contributed by atoms with Crippen molar-refractivity contribution in [2.24, 2.45) is 0 Å². The minimum Gasteiger partial charge on any atom is -0.480 e. The lowest BCUT2D eigenvalue weighted by Gasteiger charge is -2.20. The summed E-state index contributed by atoms with van der Waals surface area (Å²) in [4.78, 5) is 28.7. The molecule has 21 heavy (non-hydrogen) atoms. The van der Waals surface area contributed by atoms with Gasteiger partial charge in [0.1, 0.15) is 6.54 Å². The Morgan fingerprint density at radius 1 is 1.05 bits per heavy atom. The van der Waals surface area contributed by atoms with Crippen LogP contribution in [0.1, 0.15) is 12.1 Å². The lowest BCUT2D eigenvalue weighted by molar-refractivity contribution is -0.136. The molecule has 0 unspecified atom stereocenters. The second-order valence-corrected chi connectivity index (χ2v) is 4.53. The number of hydrogen-bond donors (Lipinski definition) is 1. The van der Waals surface area contributed by atoms with E-state index in [1.165, 1.54) is 4.90 Å². The highest BCUT2D eigenvalue weighted by atomic mass is 16.4. The first-order valence-electron chi connectivity index (χ1n) is 6.64. The Bertz CT molecular complexity index is 599. The second kappa shape index (κ2) is 7.19. The molecule has 2 aromatic rings. The molecular formula is C16H16N2O3. The Morgan fingerprint density at radius 3 is 2.38 bits per heavy atom. The molecule has 1 amide bonds. The smallest absolute Gasteiger partial charge is 0.323 e. The van der Waals surface area contributed by atoms with E-state index in [2.05, 4.69) is 4.98 Å². The number of hydrogen-bond acceptors (Lipinski definition) is 3. The van der Waals surface area contributed by atoms with E-state index >= 15 is 0 Å². The van der Waals surface area contributed by atoms with E-state index in [9.17, 15) is 9.59 Å². The van der Waals surface area contributed by atoms with Crippen LogP contribution in [0.5, 0.6) is 0 Å². The number of carbonyl (C=O) groups is 2. The Labute approximate surface area is 122 Å². The zero-order chi connectivity index (χ0) is 15.1. The quantitative estimate of drug-likeness (QED) is 0.882. The summed E-state index contributed by atoms with van der Waals surface area (Å²) in [6, 6.07) is 14.3. The zero-order valence-electron chi connectivity index (χ0n) is 11.5. The van der Waals surface area contributed by atoms with Gasteiger partial charge in [0.05, 0.1) is 0 Å². The van der Waals surface area contributed by atoms with Crippen LogP contribution in [0.15, 0.2) is 54.7 Å². The first kappa shape index (κ1) is 14.7. The molecule has 1 aromatic heterocycles. The van der Waals surface area contributed by atoms with Gasteiger partial charge in [-0.25, -0.2) is 0 Å². The highest BCUT2D eigenvalue weighted by Crippen LogP contribution is 2.15. The van der Waals surface area contributed by atoms with Gasteiger partial charge < -0.3 is 10.0 Å². The molecule has 5 heteroatoms. The molecule has 0 bridgehead atoms. The van der Waals surface area contributed by atoms with Gasteiger partial charge in [-0.1, -0.05) is 24.3 Å². The van der Waals surface area contributed by atoms with Gasteiger partial charge in [0.2, 0.25) is 5.91 Å². The standard InChI is InChI=1S/C16H16N2O3/c19-15(10-9-13-6-4-5-11-17-13)18(12-16(20)21)14-7-2-1-3-8-14/h1-8,11H,9-10,12H2,(H,20,21). The third kappa shape index (κ3) is 4.42. The van der Waals surface area contributed by atoms with Crippen LogP contribution in [0.4, 0.5) is 5.69 Å². The van der Waals surface area contributed by atoms with Gasteiger partial charge in [0.15, 0.2) is 0 Å². The van der Waals surface area contributed by atoms with Crippen LogP contribution >= 0.6 is 0 Å².